The van der Waals surface area contributed by atoms with E-state index in [0.717, 1.165) is 42.8 Å². The van der Waals surface area contributed by atoms with Crippen molar-refractivity contribution >= 4 is 34.3 Å². The van der Waals surface area contributed by atoms with Crippen LogP contribution in [0, 0.1) is 5.82 Å². The van der Waals surface area contributed by atoms with E-state index in [0.29, 0.717) is 5.69 Å². The molecule has 2 unspecified atom stereocenters. The molecule has 0 aromatic carbocycles. The van der Waals surface area contributed by atoms with Crippen molar-refractivity contribution in [2.75, 3.05) is 10.6 Å². The predicted molar refractivity (Wildman–Crippen MR) is 106 cm³/mol. The first-order valence-corrected chi connectivity index (χ1v) is 9.24. The number of nitrogens with one attached hydrogen (secondary N) is 3. The molecule has 0 aliphatic heterocycles. The molecule has 0 saturated heterocycles. The van der Waals surface area contributed by atoms with Gasteiger partial charge in [-0.2, -0.15) is 0 Å². The van der Waals surface area contributed by atoms with Crippen LogP contribution in [0.1, 0.15) is 36.0 Å². The maximum absolute atomic E-state index is 14.6. The first-order chi connectivity index (χ1) is 13.5. The van der Waals surface area contributed by atoms with E-state index < -0.39 is 11.7 Å². The molecule has 0 bridgehead atoms. The van der Waals surface area contributed by atoms with Gasteiger partial charge in [-0.15, -0.1) is 0 Å². The lowest BCUT2D eigenvalue weighted by Crippen LogP contribution is -2.43. The Bertz CT molecular complexity index is 1020. The van der Waals surface area contributed by atoms with Crippen molar-refractivity contribution in [3.8, 4) is 0 Å². The van der Waals surface area contributed by atoms with Gasteiger partial charge in [0.15, 0.2) is 11.6 Å². The zero-order valence-electron chi connectivity index (χ0n) is 15.2. The number of primary amides is 1. The molecule has 1 fully saturated rings. The minimum Gasteiger partial charge on any atom is -0.365 e. The maximum atomic E-state index is 14.6. The van der Waals surface area contributed by atoms with Gasteiger partial charge in [0, 0.05) is 23.7 Å². The van der Waals surface area contributed by atoms with Crippen LogP contribution in [0.25, 0.3) is 11.0 Å². The Morgan fingerprint density at radius 2 is 2.07 bits per heavy atom. The molecule has 9 heteroatoms. The number of carbonyl (C=O) groups is 1. The van der Waals surface area contributed by atoms with Crippen molar-refractivity contribution < 1.29 is 9.18 Å². The van der Waals surface area contributed by atoms with E-state index in [2.05, 4.69) is 25.6 Å². The van der Waals surface area contributed by atoms with Gasteiger partial charge in [0.05, 0.1) is 17.4 Å². The first-order valence-electron chi connectivity index (χ1n) is 9.24. The average molecular weight is 383 g/mol. The molecule has 0 radical (unpaired) electrons. The quantitative estimate of drug-likeness (QED) is 0.460. The summed E-state index contributed by atoms with van der Waals surface area (Å²) in [5, 5.41) is 7.01. The molecule has 2 atom stereocenters. The molecule has 3 aromatic rings. The van der Waals surface area contributed by atoms with E-state index in [1.807, 2.05) is 12.1 Å². The minimum atomic E-state index is -0.773. The summed E-state index contributed by atoms with van der Waals surface area (Å²) in [6.07, 6.45) is 7.20. The van der Waals surface area contributed by atoms with Crippen molar-refractivity contribution in [2.24, 2.45) is 11.5 Å². The molecule has 3 heterocycles. The molecular formula is C19H22FN7O. The molecular weight excluding hydrogens is 361 g/mol. The van der Waals surface area contributed by atoms with Crippen molar-refractivity contribution in [3.63, 3.8) is 0 Å². The van der Waals surface area contributed by atoms with Gasteiger partial charge in [-0.1, -0.05) is 12.8 Å². The number of halogens is 1. The van der Waals surface area contributed by atoms with E-state index in [1.54, 1.807) is 12.4 Å². The van der Waals surface area contributed by atoms with Crippen LogP contribution in [0.15, 0.2) is 30.6 Å². The summed E-state index contributed by atoms with van der Waals surface area (Å²) in [5.41, 5.74) is 12.9. The highest BCUT2D eigenvalue weighted by molar-refractivity contribution is 5.98. The van der Waals surface area contributed by atoms with Crippen LogP contribution in [-0.4, -0.2) is 32.9 Å². The Balaban J connectivity index is 1.66. The Morgan fingerprint density at radius 1 is 1.25 bits per heavy atom. The Labute approximate surface area is 160 Å². The molecule has 1 aliphatic rings. The number of fused-ring (bicyclic) bond motifs is 1. The third-order valence-electron chi connectivity index (χ3n) is 5.05. The van der Waals surface area contributed by atoms with Crippen LogP contribution in [0.4, 0.5) is 21.7 Å². The number of aromatic amines is 1. The van der Waals surface area contributed by atoms with E-state index in [9.17, 15) is 9.18 Å². The van der Waals surface area contributed by atoms with Crippen LogP contribution in [0.3, 0.4) is 0 Å². The minimum absolute atomic E-state index is 0.0369. The summed E-state index contributed by atoms with van der Waals surface area (Å²) >= 11 is 0. The normalized spacial score (nSPS) is 19.5. The van der Waals surface area contributed by atoms with Gasteiger partial charge in [-0.3, -0.25) is 4.79 Å². The lowest BCUT2D eigenvalue weighted by Gasteiger charge is -2.30. The topological polar surface area (TPSA) is 135 Å². The maximum Gasteiger partial charge on any atom is 0.252 e. The van der Waals surface area contributed by atoms with Gasteiger partial charge in [0.25, 0.3) is 5.91 Å². The van der Waals surface area contributed by atoms with Gasteiger partial charge >= 0.3 is 0 Å². The van der Waals surface area contributed by atoms with Crippen molar-refractivity contribution in [1.29, 1.82) is 0 Å². The van der Waals surface area contributed by atoms with Crippen LogP contribution in [0.2, 0.25) is 0 Å². The molecule has 7 N–H and O–H groups in total. The number of nitrogens with two attached hydrogens (primary N) is 2. The summed E-state index contributed by atoms with van der Waals surface area (Å²) in [5.74, 6) is -1.20. The summed E-state index contributed by atoms with van der Waals surface area (Å²) in [7, 11) is 0. The fourth-order valence-corrected chi connectivity index (χ4v) is 3.53. The van der Waals surface area contributed by atoms with Gasteiger partial charge in [-0.05, 0) is 31.0 Å². The zero-order valence-corrected chi connectivity index (χ0v) is 15.2. The highest BCUT2D eigenvalue weighted by Gasteiger charge is 2.24. The fraction of sp³-hybridized carbons (Fsp3) is 0.316. The van der Waals surface area contributed by atoms with E-state index >= 15 is 0 Å². The molecule has 8 nitrogen and oxygen atoms in total. The Morgan fingerprint density at radius 3 is 2.86 bits per heavy atom. The van der Waals surface area contributed by atoms with Gasteiger partial charge in [-0.25, -0.2) is 14.4 Å². The van der Waals surface area contributed by atoms with E-state index in [-0.39, 0.29) is 29.3 Å². The highest BCUT2D eigenvalue weighted by Crippen LogP contribution is 2.27. The van der Waals surface area contributed by atoms with E-state index in [1.165, 1.54) is 0 Å². The second kappa shape index (κ2) is 7.43. The van der Waals surface area contributed by atoms with Crippen LogP contribution in [-0.2, 0) is 0 Å². The smallest absolute Gasteiger partial charge is 0.252 e. The molecule has 146 valence electrons. The number of hydrogen-bond acceptors (Lipinski definition) is 6. The first kappa shape index (κ1) is 18.2. The Hall–Kier alpha value is -3.20. The van der Waals surface area contributed by atoms with E-state index in [4.69, 9.17) is 11.5 Å². The molecule has 1 aliphatic carbocycles. The van der Waals surface area contributed by atoms with Crippen LogP contribution in [0.5, 0.6) is 0 Å². The lowest BCUT2D eigenvalue weighted by molar-refractivity contribution is 0.100. The monoisotopic (exact) mass is 383 g/mol. The summed E-state index contributed by atoms with van der Waals surface area (Å²) in [4.78, 5) is 23.4. The molecule has 0 spiro atoms. The molecule has 28 heavy (non-hydrogen) atoms. The number of hydrogen-bond donors (Lipinski definition) is 5. The second-order valence-corrected chi connectivity index (χ2v) is 7.04. The summed E-state index contributed by atoms with van der Waals surface area (Å²) in [6, 6.07) is 4.68. The van der Waals surface area contributed by atoms with Gasteiger partial charge in [0.1, 0.15) is 11.5 Å². The largest absolute Gasteiger partial charge is 0.365 e. The second-order valence-electron chi connectivity index (χ2n) is 7.04. The lowest BCUT2D eigenvalue weighted by atomic mass is 9.91. The third-order valence-corrected chi connectivity index (χ3v) is 5.05. The van der Waals surface area contributed by atoms with Crippen molar-refractivity contribution in [1.82, 2.24) is 15.0 Å². The number of anilines is 3. The highest BCUT2D eigenvalue weighted by atomic mass is 19.1. The Kier molecular flexibility index (Phi) is 4.82. The van der Waals surface area contributed by atoms with Gasteiger partial charge in [0.2, 0.25) is 0 Å². The number of amides is 1. The number of carbonyl (C=O) groups excluding carboxylic acids is 1. The zero-order chi connectivity index (χ0) is 19.7. The molecule has 1 amide bonds. The predicted octanol–water partition coefficient (Wildman–Crippen LogP) is 2.62. The van der Waals surface area contributed by atoms with Crippen molar-refractivity contribution in [2.45, 2.75) is 37.8 Å². The number of rotatable bonds is 5. The van der Waals surface area contributed by atoms with Crippen LogP contribution >= 0.6 is 0 Å². The number of nitrogens with zero attached hydrogens (tertiary/aromatic N) is 2. The van der Waals surface area contributed by atoms with Crippen molar-refractivity contribution in [3.05, 3.63) is 42.0 Å². The fourth-order valence-electron chi connectivity index (χ4n) is 3.53. The molecule has 4 rings (SSSR count). The summed E-state index contributed by atoms with van der Waals surface area (Å²) < 4.78 is 14.6. The number of H-pyrrole nitrogens is 1. The number of pyridine rings is 2. The van der Waals surface area contributed by atoms with Crippen LogP contribution < -0.4 is 22.1 Å². The standard InChI is InChI=1S/C19H22FN7O/c20-13-8-12(16(22)28)18(25-11-7-10-5-6-23-17(10)24-9-11)27-19(13)26-15-4-2-1-3-14(15)21/h5-9,14-15H,1-4,21H2,(H2,22,28)(H,23,24)(H2,25,26,27). The number of aromatic nitrogens is 3. The third kappa shape index (κ3) is 3.61. The average Bonchev–Trinajstić information content (AvgIpc) is 3.13. The summed E-state index contributed by atoms with van der Waals surface area (Å²) in [6.45, 7) is 0. The molecule has 1 saturated carbocycles. The molecule has 3 aromatic heterocycles. The van der Waals surface area contributed by atoms with Gasteiger partial charge < -0.3 is 27.1 Å². The SMILES string of the molecule is NC(=O)c1cc(F)c(NC2CCCCC2N)nc1Nc1cnc2[nH]ccc2c1.